The third-order valence-corrected chi connectivity index (χ3v) is 9.06. The Balaban J connectivity index is 1.30. The van der Waals surface area contributed by atoms with E-state index in [-0.39, 0.29) is 23.4 Å². The summed E-state index contributed by atoms with van der Waals surface area (Å²) in [6.07, 6.45) is 14.7. The molecule has 1 aliphatic heterocycles. The summed E-state index contributed by atoms with van der Waals surface area (Å²) >= 11 is 0. The van der Waals surface area contributed by atoms with Crippen molar-refractivity contribution in [3.63, 3.8) is 0 Å². The fourth-order valence-electron chi connectivity index (χ4n) is 6.50. The molecule has 2 aliphatic carbocycles. The molecule has 0 radical (unpaired) electrons. The molecule has 1 amide bonds. The fraction of sp³-hybridized carbons (Fsp3) is 0.516. The molecule has 4 aromatic rings. The number of pyridine rings is 2. The Morgan fingerprint density at radius 2 is 1.90 bits per heavy atom. The van der Waals surface area contributed by atoms with Crippen LogP contribution < -0.4 is 16.0 Å². The number of hydrogen-bond acceptors (Lipinski definition) is 7. The summed E-state index contributed by atoms with van der Waals surface area (Å²) in [5, 5.41) is 12.5. The Morgan fingerprint density at radius 1 is 1.05 bits per heavy atom. The summed E-state index contributed by atoms with van der Waals surface area (Å²) in [4.78, 5) is 35.7. The quantitative estimate of drug-likeness (QED) is 0.263. The maximum absolute atomic E-state index is 13.1. The van der Waals surface area contributed by atoms with Crippen LogP contribution in [0.4, 0.5) is 5.82 Å². The largest absolute Gasteiger partial charge is 0.366 e. The van der Waals surface area contributed by atoms with Crippen LogP contribution in [0.25, 0.3) is 33.3 Å². The highest BCUT2D eigenvalue weighted by Gasteiger charge is 2.34. The van der Waals surface area contributed by atoms with E-state index in [0.717, 1.165) is 60.0 Å². The maximum Gasteiger partial charge on any atom is 0.267 e. The smallest absolute Gasteiger partial charge is 0.267 e. The predicted molar refractivity (Wildman–Crippen MR) is 157 cm³/mol. The second-order valence-corrected chi connectivity index (χ2v) is 12.6. The molecular formula is C31H38N8O. The average molecular weight is 539 g/mol. The van der Waals surface area contributed by atoms with Crippen molar-refractivity contribution in [2.45, 2.75) is 83.2 Å². The first-order chi connectivity index (χ1) is 19.5. The van der Waals surface area contributed by atoms with Crippen LogP contribution in [0.2, 0.25) is 0 Å². The zero-order valence-electron chi connectivity index (χ0n) is 23.4. The van der Waals surface area contributed by atoms with Crippen molar-refractivity contribution in [1.82, 2.24) is 35.6 Å². The van der Waals surface area contributed by atoms with Gasteiger partial charge in [-0.15, -0.1) is 0 Å². The lowest BCUT2D eigenvalue weighted by Gasteiger charge is -2.40. The fourth-order valence-corrected chi connectivity index (χ4v) is 6.50. The Bertz CT molecular complexity index is 1570. The van der Waals surface area contributed by atoms with Gasteiger partial charge in [-0.2, -0.15) is 0 Å². The van der Waals surface area contributed by atoms with E-state index in [1.165, 1.54) is 37.7 Å². The van der Waals surface area contributed by atoms with E-state index in [1.54, 1.807) is 6.20 Å². The zero-order valence-corrected chi connectivity index (χ0v) is 23.4. The summed E-state index contributed by atoms with van der Waals surface area (Å²) in [5.41, 5.74) is 4.20. The molecule has 3 aliphatic rings. The molecular weight excluding hydrogens is 500 g/mol. The Morgan fingerprint density at radius 3 is 2.70 bits per heavy atom. The monoisotopic (exact) mass is 538 g/mol. The first kappa shape index (κ1) is 25.4. The molecule has 0 aromatic carbocycles. The van der Waals surface area contributed by atoms with Crippen molar-refractivity contribution in [3.8, 4) is 11.4 Å². The second kappa shape index (κ2) is 10.1. The van der Waals surface area contributed by atoms with Crippen LogP contribution in [0.15, 0.2) is 30.7 Å². The summed E-state index contributed by atoms with van der Waals surface area (Å²) in [5.74, 6) is 1.93. The molecule has 7 rings (SSSR count). The molecule has 1 atom stereocenters. The first-order valence-corrected chi connectivity index (χ1v) is 14.9. The Labute approximate surface area is 234 Å². The number of aromatic amines is 1. The number of anilines is 1. The van der Waals surface area contributed by atoms with Gasteiger partial charge in [-0.25, -0.2) is 15.0 Å². The third kappa shape index (κ3) is 4.80. The van der Waals surface area contributed by atoms with Gasteiger partial charge in [0, 0.05) is 47.4 Å². The minimum atomic E-state index is -0.0796. The summed E-state index contributed by atoms with van der Waals surface area (Å²) in [7, 11) is 0. The van der Waals surface area contributed by atoms with E-state index < -0.39 is 0 Å². The molecule has 0 bridgehead atoms. The minimum absolute atomic E-state index is 0.0770. The van der Waals surface area contributed by atoms with Gasteiger partial charge in [-0.1, -0.05) is 33.1 Å². The van der Waals surface area contributed by atoms with E-state index in [1.807, 2.05) is 24.5 Å². The SMILES string of the molecule is CC1(C)CNCC[C@@H]1Nc1nc(-c2ccnc3[nH]c(C(=O)NC4CCCCC4)cc23)nc2cncc(C3CC3)c12. The van der Waals surface area contributed by atoms with Gasteiger partial charge < -0.3 is 20.9 Å². The van der Waals surface area contributed by atoms with Crippen molar-refractivity contribution >= 4 is 33.7 Å². The van der Waals surface area contributed by atoms with Crippen LogP contribution in [-0.4, -0.2) is 56.0 Å². The first-order valence-electron chi connectivity index (χ1n) is 14.9. The number of amides is 1. The molecule has 4 aromatic heterocycles. The molecule has 4 N–H and O–H groups in total. The van der Waals surface area contributed by atoms with Crippen LogP contribution in [0.5, 0.6) is 0 Å². The van der Waals surface area contributed by atoms with E-state index >= 15 is 0 Å². The molecule has 9 nitrogen and oxygen atoms in total. The molecule has 3 fully saturated rings. The van der Waals surface area contributed by atoms with E-state index in [2.05, 4.69) is 44.7 Å². The van der Waals surface area contributed by atoms with E-state index in [4.69, 9.17) is 9.97 Å². The van der Waals surface area contributed by atoms with Gasteiger partial charge in [0.25, 0.3) is 5.91 Å². The lowest BCUT2D eigenvalue weighted by molar-refractivity contribution is 0.0923. The topological polar surface area (TPSA) is 121 Å². The predicted octanol–water partition coefficient (Wildman–Crippen LogP) is 5.31. The van der Waals surface area contributed by atoms with Crippen molar-refractivity contribution in [1.29, 1.82) is 0 Å². The van der Waals surface area contributed by atoms with E-state index in [9.17, 15) is 4.79 Å². The van der Waals surface area contributed by atoms with Crippen molar-refractivity contribution in [3.05, 3.63) is 42.0 Å². The van der Waals surface area contributed by atoms with Gasteiger partial charge in [0.15, 0.2) is 5.82 Å². The number of carbonyl (C=O) groups is 1. The second-order valence-electron chi connectivity index (χ2n) is 12.6. The Kier molecular flexibility index (Phi) is 6.41. The molecule has 2 saturated carbocycles. The van der Waals surface area contributed by atoms with Gasteiger partial charge in [0.1, 0.15) is 17.2 Å². The number of carbonyl (C=O) groups excluding carboxylic acids is 1. The highest BCUT2D eigenvalue weighted by Crippen LogP contribution is 2.45. The molecule has 9 heteroatoms. The number of rotatable bonds is 6. The van der Waals surface area contributed by atoms with Crippen LogP contribution in [0.3, 0.4) is 0 Å². The lowest BCUT2D eigenvalue weighted by Crippen LogP contribution is -2.49. The number of aromatic nitrogens is 5. The van der Waals surface area contributed by atoms with Crippen LogP contribution in [0.1, 0.15) is 87.2 Å². The molecule has 208 valence electrons. The molecule has 40 heavy (non-hydrogen) atoms. The number of fused-ring (bicyclic) bond motifs is 2. The standard InChI is InChI=1S/C31H38N8O/c1-31(2)17-32-12-11-25(31)38-29-26-22(18-8-9-18)15-33-16-24(26)37-28(39-29)20-10-13-34-27-21(20)14-23(36-27)30(40)35-19-6-4-3-5-7-19/h10,13-16,18-19,25,32H,3-9,11-12,17H2,1-2H3,(H,34,36)(H,35,40)(H,37,38,39)/t25-/m0/s1. The summed E-state index contributed by atoms with van der Waals surface area (Å²) in [6, 6.07) is 4.35. The van der Waals surface area contributed by atoms with Gasteiger partial charge in [-0.05, 0) is 67.7 Å². The van der Waals surface area contributed by atoms with Crippen molar-refractivity contribution < 1.29 is 4.79 Å². The normalized spacial score (nSPS) is 21.5. The van der Waals surface area contributed by atoms with Gasteiger partial charge >= 0.3 is 0 Å². The lowest BCUT2D eigenvalue weighted by atomic mass is 9.80. The molecule has 0 spiro atoms. The third-order valence-electron chi connectivity index (χ3n) is 9.06. The van der Waals surface area contributed by atoms with E-state index in [0.29, 0.717) is 23.1 Å². The van der Waals surface area contributed by atoms with Gasteiger partial charge in [0.05, 0.1) is 11.7 Å². The van der Waals surface area contributed by atoms with Crippen LogP contribution >= 0.6 is 0 Å². The van der Waals surface area contributed by atoms with Gasteiger partial charge in [-0.3, -0.25) is 9.78 Å². The summed E-state index contributed by atoms with van der Waals surface area (Å²) < 4.78 is 0. The van der Waals surface area contributed by atoms with Crippen molar-refractivity contribution in [2.24, 2.45) is 5.41 Å². The molecule has 1 saturated heterocycles. The highest BCUT2D eigenvalue weighted by atomic mass is 16.1. The number of nitrogens with zero attached hydrogens (tertiary/aromatic N) is 4. The number of hydrogen-bond donors (Lipinski definition) is 4. The van der Waals surface area contributed by atoms with Crippen molar-refractivity contribution in [2.75, 3.05) is 18.4 Å². The zero-order chi connectivity index (χ0) is 27.3. The maximum atomic E-state index is 13.1. The number of nitrogens with one attached hydrogen (secondary N) is 4. The molecule has 0 unspecified atom stereocenters. The van der Waals surface area contributed by atoms with Gasteiger partial charge in [0.2, 0.25) is 0 Å². The Hall–Kier alpha value is -3.59. The average Bonchev–Trinajstić information content (AvgIpc) is 3.71. The highest BCUT2D eigenvalue weighted by molar-refractivity contribution is 6.02. The molecule has 5 heterocycles. The minimum Gasteiger partial charge on any atom is -0.366 e. The van der Waals surface area contributed by atoms with Crippen LogP contribution in [-0.2, 0) is 0 Å². The number of piperidine rings is 1. The number of H-pyrrole nitrogens is 1. The van der Waals surface area contributed by atoms with Crippen LogP contribution in [0, 0.1) is 5.41 Å². The summed E-state index contributed by atoms with van der Waals surface area (Å²) in [6.45, 7) is 6.54.